The number of hydrogen-bond donors (Lipinski definition) is 1. The van der Waals surface area contributed by atoms with Crippen molar-refractivity contribution in [1.82, 2.24) is 10.2 Å². The molecule has 4 aromatic carbocycles. The number of rotatable bonds is 11. The topological polar surface area (TPSA) is 86.8 Å². The van der Waals surface area contributed by atoms with Gasteiger partial charge < -0.3 is 10.2 Å². The van der Waals surface area contributed by atoms with E-state index >= 15 is 0 Å². The first-order valence-corrected chi connectivity index (χ1v) is 15.4. The molecule has 0 aliphatic carbocycles. The zero-order chi connectivity index (χ0) is 29.4. The summed E-state index contributed by atoms with van der Waals surface area (Å²) in [6, 6.07) is 30.1. The maximum Gasteiger partial charge on any atom is 0.264 e. The summed E-state index contributed by atoms with van der Waals surface area (Å²) in [6.07, 6.45) is 0.223. The van der Waals surface area contributed by atoms with Gasteiger partial charge in [-0.15, -0.1) is 0 Å². The van der Waals surface area contributed by atoms with E-state index in [1.165, 1.54) is 24.1 Å². The summed E-state index contributed by atoms with van der Waals surface area (Å²) >= 11 is 9.85. The van der Waals surface area contributed by atoms with Crippen molar-refractivity contribution in [2.45, 2.75) is 23.9 Å². The van der Waals surface area contributed by atoms with Crippen LogP contribution in [0.2, 0.25) is 5.02 Å². The van der Waals surface area contributed by atoms with E-state index in [1.807, 2.05) is 30.3 Å². The van der Waals surface area contributed by atoms with Crippen molar-refractivity contribution in [1.29, 1.82) is 0 Å². The van der Waals surface area contributed by atoms with Gasteiger partial charge in [0.15, 0.2) is 0 Å². The number of carbonyl (C=O) groups excluding carboxylic acids is 2. The van der Waals surface area contributed by atoms with E-state index in [4.69, 9.17) is 11.6 Å². The number of anilines is 1. The van der Waals surface area contributed by atoms with Crippen molar-refractivity contribution in [2.75, 3.05) is 17.9 Å². The van der Waals surface area contributed by atoms with Gasteiger partial charge in [-0.1, -0.05) is 94.3 Å². The van der Waals surface area contributed by atoms with Gasteiger partial charge in [0.05, 0.1) is 10.6 Å². The van der Waals surface area contributed by atoms with Crippen molar-refractivity contribution < 1.29 is 18.0 Å². The predicted octanol–water partition coefficient (Wildman–Crippen LogP) is 5.68. The molecule has 1 unspecified atom stereocenters. The quantitative estimate of drug-likeness (QED) is 0.225. The monoisotopic (exact) mass is 653 g/mol. The van der Waals surface area contributed by atoms with Crippen molar-refractivity contribution in [3.63, 3.8) is 0 Å². The molecule has 0 saturated carbocycles. The zero-order valence-electron chi connectivity index (χ0n) is 22.3. The number of halogens is 2. The molecule has 0 aliphatic rings. The highest BCUT2D eigenvalue weighted by atomic mass is 79.9. The Labute approximate surface area is 253 Å². The Morgan fingerprint density at radius 2 is 1.44 bits per heavy atom. The number of nitrogens with one attached hydrogen (secondary N) is 1. The normalized spacial score (nSPS) is 11.9. The summed E-state index contributed by atoms with van der Waals surface area (Å²) < 4.78 is 29.6. The first-order chi connectivity index (χ1) is 19.7. The third kappa shape index (κ3) is 7.55. The van der Waals surface area contributed by atoms with Gasteiger partial charge in [0, 0.05) is 29.5 Å². The van der Waals surface area contributed by atoms with Gasteiger partial charge in [-0.05, 0) is 53.6 Å². The fourth-order valence-electron chi connectivity index (χ4n) is 4.39. The third-order valence-corrected chi connectivity index (χ3v) is 9.23. The summed E-state index contributed by atoms with van der Waals surface area (Å²) in [5, 5.41) is 3.10. The number of amides is 2. The number of carbonyl (C=O) groups is 2. The Morgan fingerprint density at radius 3 is 2.05 bits per heavy atom. The van der Waals surface area contributed by atoms with Crippen LogP contribution in [-0.2, 0) is 32.6 Å². The average molecular weight is 655 g/mol. The second-order valence-corrected chi connectivity index (χ2v) is 12.4. The molecule has 4 aromatic rings. The second kappa shape index (κ2) is 13.8. The molecule has 2 amide bonds. The van der Waals surface area contributed by atoms with Gasteiger partial charge in [-0.3, -0.25) is 13.9 Å². The van der Waals surface area contributed by atoms with Crippen LogP contribution in [0, 0.1) is 0 Å². The van der Waals surface area contributed by atoms with Gasteiger partial charge in [0.2, 0.25) is 11.8 Å². The molecule has 0 bridgehead atoms. The van der Waals surface area contributed by atoms with E-state index < -0.39 is 28.5 Å². The lowest BCUT2D eigenvalue weighted by molar-refractivity contribution is -0.139. The molecule has 1 N–H and O–H groups in total. The summed E-state index contributed by atoms with van der Waals surface area (Å²) in [7, 11) is -2.64. The fraction of sp³-hybridized carbons (Fsp3) is 0.161. The molecule has 41 heavy (non-hydrogen) atoms. The van der Waals surface area contributed by atoms with Crippen molar-refractivity contribution in [3.05, 3.63) is 130 Å². The van der Waals surface area contributed by atoms with E-state index in [2.05, 4.69) is 21.2 Å². The van der Waals surface area contributed by atoms with E-state index in [0.29, 0.717) is 16.3 Å². The number of likely N-dealkylation sites (N-methyl/N-ethyl adjacent to an activating group) is 1. The molecule has 0 aliphatic heterocycles. The lowest BCUT2D eigenvalue weighted by Crippen LogP contribution is -2.53. The molecule has 0 heterocycles. The Morgan fingerprint density at radius 1 is 0.854 bits per heavy atom. The highest BCUT2D eigenvalue weighted by molar-refractivity contribution is 9.10. The lowest BCUT2D eigenvalue weighted by Gasteiger charge is -2.33. The van der Waals surface area contributed by atoms with Crippen LogP contribution in [0.4, 0.5) is 5.69 Å². The van der Waals surface area contributed by atoms with Crippen molar-refractivity contribution in [3.8, 4) is 0 Å². The smallest absolute Gasteiger partial charge is 0.264 e. The summed E-state index contributed by atoms with van der Waals surface area (Å²) in [6.45, 7) is -0.533. The van der Waals surface area contributed by atoms with Crippen LogP contribution >= 0.6 is 27.5 Å². The first-order valence-electron chi connectivity index (χ1n) is 12.8. The van der Waals surface area contributed by atoms with E-state index in [-0.39, 0.29) is 23.8 Å². The Hall–Kier alpha value is -3.66. The zero-order valence-corrected chi connectivity index (χ0v) is 25.4. The number of hydrogen-bond acceptors (Lipinski definition) is 4. The van der Waals surface area contributed by atoms with Crippen LogP contribution in [0.1, 0.15) is 11.1 Å². The molecule has 0 aromatic heterocycles. The van der Waals surface area contributed by atoms with Crippen molar-refractivity contribution in [2.24, 2.45) is 0 Å². The molecule has 1 atom stereocenters. The fourth-order valence-corrected chi connectivity index (χ4v) is 6.28. The van der Waals surface area contributed by atoms with Crippen LogP contribution in [0.3, 0.4) is 0 Å². The average Bonchev–Trinajstić information content (AvgIpc) is 2.99. The van der Waals surface area contributed by atoms with Crippen LogP contribution in [0.25, 0.3) is 0 Å². The first kappa shape index (κ1) is 30.3. The summed E-state index contributed by atoms with van der Waals surface area (Å²) in [4.78, 5) is 28.9. The molecule has 0 saturated heterocycles. The molecule has 0 spiro atoms. The minimum atomic E-state index is -4.14. The van der Waals surface area contributed by atoms with E-state index in [1.54, 1.807) is 66.7 Å². The van der Waals surface area contributed by atoms with E-state index in [0.717, 1.165) is 14.3 Å². The van der Waals surface area contributed by atoms with Crippen molar-refractivity contribution >= 4 is 55.1 Å². The van der Waals surface area contributed by atoms with Crippen LogP contribution < -0.4 is 9.62 Å². The van der Waals surface area contributed by atoms with Crippen LogP contribution in [-0.4, -0.2) is 44.8 Å². The van der Waals surface area contributed by atoms with Gasteiger partial charge in [0.1, 0.15) is 12.6 Å². The standard InChI is InChI=1S/C31H29BrClN3O4S/c1-34-31(38)29(20-23-10-4-2-5-11-23)35(21-24-12-8-9-15-28(24)33)30(37)22-36(26-18-16-25(32)17-19-26)41(39,40)27-13-6-3-7-14-27/h2-19,29H,20-22H2,1H3,(H,34,38). The molecular weight excluding hydrogens is 626 g/mol. The Bertz CT molecular complexity index is 1590. The third-order valence-electron chi connectivity index (χ3n) is 6.54. The molecular formula is C31H29BrClN3O4S. The maximum atomic E-state index is 14.2. The summed E-state index contributed by atoms with van der Waals surface area (Å²) in [5.74, 6) is -0.938. The van der Waals surface area contributed by atoms with Crippen LogP contribution in [0.5, 0.6) is 0 Å². The molecule has 10 heteroatoms. The predicted molar refractivity (Wildman–Crippen MR) is 165 cm³/mol. The lowest BCUT2D eigenvalue weighted by atomic mass is 10.0. The molecule has 7 nitrogen and oxygen atoms in total. The minimum Gasteiger partial charge on any atom is -0.357 e. The Kier molecular flexibility index (Phi) is 10.2. The van der Waals surface area contributed by atoms with E-state index in [9.17, 15) is 18.0 Å². The number of sulfonamides is 1. The molecule has 0 radical (unpaired) electrons. The highest BCUT2D eigenvalue weighted by Gasteiger charge is 2.34. The van der Waals surface area contributed by atoms with Gasteiger partial charge >= 0.3 is 0 Å². The number of benzene rings is 4. The maximum absolute atomic E-state index is 14.2. The second-order valence-electron chi connectivity index (χ2n) is 9.23. The van der Waals surface area contributed by atoms with Gasteiger partial charge in [-0.2, -0.15) is 0 Å². The molecule has 0 fully saturated rings. The van der Waals surface area contributed by atoms with Gasteiger partial charge in [-0.25, -0.2) is 8.42 Å². The molecule has 212 valence electrons. The SMILES string of the molecule is CNC(=O)C(Cc1ccccc1)N(Cc1ccccc1Cl)C(=O)CN(c1ccc(Br)cc1)S(=O)(=O)c1ccccc1. The van der Waals surface area contributed by atoms with Crippen LogP contribution in [0.15, 0.2) is 119 Å². The number of nitrogens with zero attached hydrogens (tertiary/aromatic N) is 2. The summed E-state index contributed by atoms with van der Waals surface area (Å²) in [5.41, 5.74) is 1.79. The highest BCUT2D eigenvalue weighted by Crippen LogP contribution is 2.27. The molecule has 4 rings (SSSR count). The minimum absolute atomic E-state index is 0.00297. The van der Waals surface area contributed by atoms with Gasteiger partial charge in [0.25, 0.3) is 10.0 Å². The largest absolute Gasteiger partial charge is 0.357 e. The Balaban J connectivity index is 1.78.